The van der Waals surface area contributed by atoms with Gasteiger partial charge in [-0.25, -0.2) is 9.37 Å². The molecule has 0 bridgehead atoms. The molecule has 2 aliphatic heterocycles. The minimum Gasteiger partial charge on any atom is -0.334 e. The summed E-state index contributed by atoms with van der Waals surface area (Å²) in [5.74, 6) is -1.51. The zero-order valence-corrected chi connectivity index (χ0v) is 19.2. The normalized spacial score (nSPS) is 20.2. The number of pyridine rings is 1. The van der Waals surface area contributed by atoms with Crippen LogP contribution in [0, 0.1) is 5.82 Å². The van der Waals surface area contributed by atoms with Crippen LogP contribution in [0.3, 0.4) is 0 Å². The molecule has 1 atom stereocenters. The summed E-state index contributed by atoms with van der Waals surface area (Å²) in [5, 5.41) is 3.25. The summed E-state index contributed by atoms with van der Waals surface area (Å²) >= 11 is 12.0. The number of thiocarbonyl (C=S) groups is 1. The molecule has 1 aromatic heterocycles. The first-order valence-electron chi connectivity index (χ1n) is 10.2. The van der Waals surface area contributed by atoms with Crippen LogP contribution in [0.25, 0.3) is 0 Å². The number of hydrogen-bond acceptors (Lipinski definition) is 4. The van der Waals surface area contributed by atoms with Crippen LogP contribution in [-0.4, -0.2) is 38.9 Å². The Morgan fingerprint density at radius 2 is 2.03 bits per heavy atom. The van der Waals surface area contributed by atoms with Crippen LogP contribution >= 0.6 is 23.8 Å². The van der Waals surface area contributed by atoms with E-state index in [-0.39, 0.29) is 16.6 Å². The van der Waals surface area contributed by atoms with Crippen LogP contribution in [0.15, 0.2) is 36.5 Å². The van der Waals surface area contributed by atoms with Gasteiger partial charge in [0.2, 0.25) is 0 Å². The van der Waals surface area contributed by atoms with Gasteiger partial charge in [0.05, 0.1) is 10.7 Å². The van der Waals surface area contributed by atoms with Gasteiger partial charge in [0.1, 0.15) is 5.54 Å². The minimum absolute atomic E-state index is 0.101. The van der Waals surface area contributed by atoms with Crippen molar-refractivity contribution in [3.63, 3.8) is 0 Å². The highest BCUT2D eigenvalue weighted by Gasteiger charge is 2.53. The first-order chi connectivity index (χ1) is 14.8. The van der Waals surface area contributed by atoms with Crippen LogP contribution in [0.1, 0.15) is 50.5 Å². The summed E-state index contributed by atoms with van der Waals surface area (Å²) in [5.41, 5.74) is -0.148. The Morgan fingerprint density at radius 3 is 2.68 bits per heavy atom. The highest BCUT2D eigenvalue weighted by molar-refractivity contribution is 7.80. The number of carbonyl (C=O) groups is 2. The van der Waals surface area contributed by atoms with Crippen LogP contribution in [0.5, 0.6) is 0 Å². The van der Waals surface area contributed by atoms with E-state index in [0.29, 0.717) is 16.5 Å². The van der Waals surface area contributed by atoms with Gasteiger partial charge in [0.15, 0.2) is 16.6 Å². The number of piperidine rings is 1. The van der Waals surface area contributed by atoms with E-state index >= 15 is 0 Å². The highest BCUT2D eigenvalue weighted by atomic mass is 35.5. The van der Waals surface area contributed by atoms with E-state index in [2.05, 4.69) is 10.3 Å². The van der Waals surface area contributed by atoms with Crippen molar-refractivity contribution in [2.24, 2.45) is 0 Å². The smallest absolute Gasteiger partial charge is 0.277 e. The number of anilines is 2. The Balaban J connectivity index is 0.00000132. The zero-order chi connectivity index (χ0) is 22.8. The molecule has 164 valence electrons. The third kappa shape index (κ3) is 4.14. The molecule has 2 aliphatic rings. The summed E-state index contributed by atoms with van der Waals surface area (Å²) in [6.45, 7) is 6.64. The average molecular weight is 463 g/mol. The summed E-state index contributed by atoms with van der Waals surface area (Å²) < 4.78 is 13.7. The average Bonchev–Trinajstić information content (AvgIpc) is 2.96. The number of fused-ring (bicyclic) bond motifs is 1. The Labute approximate surface area is 191 Å². The molecule has 0 aliphatic carbocycles. The van der Waals surface area contributed by atoms with Crippen molar-refractivity contribution >= 4 is 52.1 Å². The topological polar surface area (TPSA) is 65.5 Å². The number of hydrogen-bond donors (Lipinski definition) is 1. The molecule has 0 spiro atoms. The lowest BCUT2D eigenvalue weighted by Crippen LogP contribution is -2.49. The van der Waals surface area contributed by atoms with Crippen molar-refractivity contribution in [3.05, 3.63) is 53.1 Å². The maximum Gasteiger partial charge on any atom is 0.277 e. The Hall–Kier alpha value is -2.58. The van der Waals surface area contributed by atoms with Crippen LogP contribution in [0.2, 0.25) is 5.02 Å². The number of carbonyl (C=O) groups excluding carboxylic acids is 2. The lowest BCUT2D eigenvalue weighted by atomic mass is 9.89. The third-order valence-corrected chi connectivity index (χ3v) is 6.10. The predicted octanol–water partition coefficient (Wildman–Crippen LogP) is 5.03. The third-order valence-electron chi connectivity index (χ3n) is 5.40. The van der Waals surface area contributed by atoms with E-state index in [1.165, 1.54) is 23.2 Å². The molecule has 3 heterocycles. The van der Waals surface area contributed by atoms with Gasteiger partial charge in [0, 0.05) is 18.4 Å². The number of benzene rings is 1. The minimum atomic E-state index is -0.717. The first-order valence-corrected chi connectivity index (χ1v) is 11.0. The number of nitrogens with zero attached hydrogens (tertiary/aromatic N) is 3. The van der Waals surface area contributed by atoms with Crippen molar-refractivity contribution in [2.75, 3.05) is 16.8 Å². The molecule has 31 heavy (non-hydrogen) atoms. The number of nitrogens with one attached hydrogen (secondary N) is 1. The SMILES string of the molecule is CC.CC12CCCCN1C(=S)N(c1ccc(NC(=O)c3ncccc3F)cc1Cl)C2=O. The Bertz CT molecular complexity index is 1030. The van der Waals surface area contributed by atoms with Gasteiger partial charge >= 0.3 is 0 Å². The molecule has 1 aromatic carbocycles. The van der Waals surface area contributed by atoms with Gasteiger partial charge in [-0.1, -0.05) is 25.4 Å². The van der Waals surface area contributed by atoms with Gasteiger partial charge in [-0.05, 0) is 68.7 Å². The number of halogens is 2. The molecular formula is C22H24ClFN4O2S. The summed E-state index contributed by atoms with van der Waals surface area (Å²) in [6.07, 6.45) is 4.03. The van der Waals surface area contributed by atoms with E-state index in [0.717, 1.165) is 31.9 Å². The molecule has 2 aromatic rings. The molecule has 2 saturated heterocycles. The molecule has 0 radical (unpaired) electrons. The summed E-state index contributed by atoms with van der Waals surface area (Å²) in [4.78, 5) is 32.6. The van der Waals surface area contributed by atoms with E-state index in [4.69, 9.17) is 23.8 Å². The molecule has 9 heteroatoms. The second-order valence-electron chi connectivity index (χ2n) is 7.26. The van der Waals surface area contributed by atoms with Crippen LogP contribution in [-0.2, 0) is 4.79 Å². The molecule has 2 amide bonds. The standard InChI is InChI=1S/C20H18ClFN4O2S.C2H6/c1-20-8-2-3-10-25(20)19(29)26(18(20)28)15-7-6-12(11-13(15)21)24-17(27)16-14(22)5-4-9-23-16;1-2/h4-7,9,11H,2-3,8,10H2,1H3,(H,24,27);1-2H3. The van der Waals surface area contributed by atoms with Crippen LogP contribution < -0.4 is 10.2 Å². The molecule has 1 N–H and O–H groups in total. The first kappa shape index (κ1) is 23.1. The van der Waals surface area contributed by atoms with Gasteiger partial charge in [-0.15, -0.1) is 0 Å². The molecule has 0 saturated carbocycles. The maximum atomic E-state index is 13.7. The van der Waals surface area contributed by atoms with E-state index in [1.54, 1.807) is 12.1 Å². The molecule has 4 rings (SSSR count). The number of aromatic nitrogens is 1. The largest absolute Gasteiger partial charge is 0.334 e. The maximum absolute atomic E-state index is 13.7. The zero-order valence-electron chi connectivity index (χ0n) is 17.6. The van der Waals surface area contributed by atoms with Crippen molar-refractivity contribution < 1.29 is 14.0 Å². The van der Waals surface area contributed by atoms with Crippen molar-refractivity contribution in [1.29, 1.82) is 0 Å². The molecule has 6 nitrogen and oxygen atoms in total. The summed E-state index contributed by atoms with van der Waals surface area (Å²) in [6, 6.07) is 7.29. The van der Waals surface area contributed by atoms with Gasteiger partial charge in [-0.2, -0.15) is 0 Å². The van der Waals surface area contributed by atoms with E-state index < -0.39 is 17.3 Å². The van der Waals surface area contributed by atoms with E-state index in [9.17, 15) is 14.0 Å². The van der Waals surface area contributed by atoms with Gasteiger partial charge < -0.3 is 10.2 Å². The van der Waals surface area contributed by atoms with Crippen molar-refractivity contribution in [2.45, 2.75) is 45.6 Å². The quantitative estimate of drug-likeness (QED) is 0.648. The van der Waals surface area contributed by atoms with Gasteiger partial charge in [-0.3, -0.25) is 14.5 Å². The fourth-order valence-electron chi connectivity index (χ4n) is 3.82. The molecular weight excluding hydrogens is 439 g/mol. The predicted molar refractivity (Wildman–Crippen MR) is 124 cm³/mol. The Morgan fingerprint density at radius 1 is 1.29 bits per heavy atom. The molecule has 2 fully saturated rings. The fourth-order valence-corrected chi connectivity index (χ4v) is 4.56. The molecule has 1 unspecified atom stereocenters. The second kappa shape index (κ2) is 9.28. The van der Waals surface area contributed by atoms with Crippen molar-refractivity contribution in [3.8, 4) is 0 Å². The summed E-state index contributed by atoms with van der Waals surface area (Å²) in [7, 11) is 0. The number of amides is 2. The van der Waals surface area contributed by atoms with Gasteiger partial charge in [0.25, 0.3) is 11.8 Å². The lowest BCUT2D eigenvalue weighted by Gasteiger charge is -2.36. The van der Waals surface area contributed by atoms with E-state index in [1.807, 2.05) is 25.7 Å². The second-order valence-corrected chi connectivity index (χ2v) is 8.03. The fraction of sp³-hybridized carbons (Fsp3) is 0.364. The Kier molecular flexibility index (Phi) is 6.91. The highest BCUT2D eigenvalue weighted by Crippen LogP contribution is 2.41. The number of rotatable bonds is 3. The van der Waals surface area contributed by atoms with Crippen LogP contribution in [0.4, 0.5) is 15.8 Å². The monoisotopic (exact) mass is 462 g/mol. The lowest BCUT2D eigenvalue weighted by molar-refractivity contribution is -0.125. The van der Waals surface area contributed by atoms with Crippen molar-refractivity contribution in [1.82, 2.24) is 9.88 Å².